The summed E-state index contributed by atoms with van der Waals surface area (Å²) >= 11 is 3.36. The molecule has 3 rings (SSSR count). The number of halogens is 1. The van der Waals surface area contributed by atoms with Crippen LogP contribution in [-0.2, 0) is 16.1 Å². The van der Waals surface area contributed by atoms with Crippen LogP contribution in [0.1, 0.15) is 18.4 Å². The maximum atomic E-state index is 12.6. The van der Waals surface area contributed by atoms with E-state index in [2.05, 4.69) is 21.2 Å². The van der Waals surface area contributed by atoms with Gasteiger partial charge in [-0.15, -0.1) is 0 Å². The lowest BCUT2D eigenvalue weighted by Gasteiger charge is -2.23. The zero-order valence-corrected chi connectivity index (χ0v) is 15.7. The molecule has 1 saturated heterocycles. The summed E-state index contributed by atoms with van der Waals surface area (Å²) in [5.41, 5.74) is 7.80. The van der Waals surface area contributed by atoms with Gasteiger partial charge in [0.1, 0.15) is 12.6 Å². The summed E-state index contributed by atoms with van der Waals surface area (Å²) in [6.45, 7) is 0.683. The van der Waals surface area contributed by atoms with Gasteiger partial charge in [0.05, 0.1) is 11.4 Å². The summed E-state index contributed by atoms with van der Waals surface area (Å²) in [6.07, 6.45) is 0.876. The van der Waals surface area contributed by atoms with Gasteiger partial charge in [-0.1, -0.05) is 46.3 Å². The SMILES string of the molecule is Nc1ccc(Br)cc1NC(=O)C1CCCN1C(=O)OCc1ccccc1. The van der Waals surface area contributed by atoms with E-state index in [4.69, 9.17) is 10.5 Å². The van der Waals surface area contributed by atoms with Gasteiger partial charge in [0.15, 0.2) is 0 Å². The summed E-state index contributed by atoms with van der Waals surface area (Å²) in [5, 5.41) is 2.81. The number of nitrogen functional groups attached to an aromatic ring is 1. The molecule has 1 fully saturated rings. The number of nitrogens with zero attached hydrogens (tertiary/aromatic N) is 1. The van der Waals surface area contributed by atoms with Crippen LogP contribution in [0.4, 0.5) is 16.2 Å². The lowest BCUT2D eigenvalue weighted by atomic mass is 10.2. The molecule has 26 heavy (non-hydrogen) atoms. The number of nitrogens with one attached hydrogen (secondary N) is 1. The van der Waals surface area contributed by atoms with Crippen LogP contribution in [0, 0.1) is 0 Å². The van der Waals surface area contributed by atoms with E-state index < -0.39 is 12.1 Å². The van der Waals surface area contributed by atoms with Crippen molar-refractivity contribution in [2.45, 2.75) is 25.5 Å². The van der Waals surface area contributed by atoms with E-state index in [-0.39, 0.29) is 12.5 Å². The van der Waals surface area contributed by atoms with Crippen LogP contribution in [0.25, 0.3) is 0 Å². The Labute approximate surface area is 160 Å². The van der Waals surface area contributed by atoms with Crippen LogP contribution >= 0.6 is 15.9 Å². The van der Waals surface area contributed by atoms with E-state index in [9.17, 15) is 9.59 Å². The summed E-state index contributed by atoms with van der Waals surface area (Å²) in [4.78, 5) is 26.5. The first-order chi connectivity index (χ1) is 12.5. The number of hydrogen-bond acceptors (Lipinski definition) is 4. The maximum Gasteiger partial charge on any atom is 0.410 e. The minimum absolute atomic E-state index is 0.184. The van der Waals surface area contributed by atoms with E-state index in [1.807, 2.05) is 30.3 Å². The second-order valence-electron chi connectivity index (χ2n) is 6.11. The molecule has 3 N–H and O–H groups in total. The van der Waals surface area contributed by atoms with Gasteiger partial charge in [0, 0.05) is 11.0 Å². The largest absolute Gasteiger partial charge is 0.445 e. The molecule has 1 unspecified atom stereocenters. The van der Waals surface area contributed by atoms with Crippen molar-refractivity contribution >= 4 is 39.3 Å². The molecule has 1 aliphatic heterocycles. The summed E-state index contributed by atoms with van der Waals surface area (Å²) < 4.78 is 6.17. The Balaban J connectivity index is 1.62. The van der Waals surface area contributed by atoms with Crippen molar-refractivity contribution in [2.24, 2.45) is 0 Å². The lowest BCUT2D eigenvalue weighted by molar-refractivity contribution is -0.120. The molecule has 0 aromatic heterocycles. The van der Waals surface area contributed by atoms with Crippen LogP contribution in [0.2, 0.25) is 0 Å². The van der Waals surface area contributed by atoms with Crippen LogP contribution in [-0.4, -0.2) is 29.5 Å². The minimum atomic E-state index is -0.559. The van der Waals surface area contributed by atoms with Gasteiger partial charge in [-0.05, 0) is 36.6 Å². The summed E-state index contributed by atoms with van der Waals surface area (Å²) in [6, 6.07) is 14.1. The number of rotatable bonds is 4. The smallest absolute Gasteiger partial charge is 0.410 e. The second-order valence-corrected chi connectivity index (χ2v) is 7.03. The molecular formula is C19H20BrN3O3. The zero-order valence-electron chi connectivity index (χ0n) is 14.2. The first-order valence-corrected chi connectivity index (χ1v) is 9.17. The topological polar surface area (TPSA) is 84.7 Å². The fourth-order valence-electron chi connectivity index (χ4n) is 2.91. The molecule has 2 aromatic rings. The average molecular weight is 418 g/mol. The number of nitrogens with two attached hydrogens (primary N) is 1. The molecule has 1 heterocycles. The molecular weight excluding hydrogens is 398 g/mol. The number of amides is 2. The Hall–Kier alpha value is -2.54. The number of anilines is 2. The molecule has 1 aliphatic rings. The van der Waals surface area contributed by atoms with Crippen molar-refractivity contribution in [1.29, 1.82) is 0 Å². The maximum absolute atomic E-state index is 12.6. The van der Waals surface area contributed by atoms with Gasteiger partial charge < -0.3 is 15.8 Å². The molecule has 0 aliphatic carbocycles. The van der Waals surface area contributed by atoms with Crippen molar-refractivity contribution in [3.8, 4) is 0 Å². The fraction of sp³-hybridized carbons (Fsp3) is 0.263. The first-order valence-electron chi connectivity index (χ1n) is 8.38. The number of carbonyl (C=O) groups excluding carboxylic acids is 2. The molecule has 136 valence electrons. The number of ether oxygens (including phenoxy) is 1. The summed E-state index contributed by atoms with van der Waals surface area (Å²) in [7, 11) is 0. The standard InChI is InChI=1S/C19H20BrN3O3/c20-14-8-9-15(21)16(11-14)22-18(24)17-7-4-10-23(17)19(25)26-12-13-5-2-1-3-6-13/h1-3,5-6,8-9,11,17H,4,7,10,12,21H2,(H,22,24). The van der Waals surface area contributed by atoms with Gasteiger partial charge in [0.2, 0.25) is 5.91 Å². The average Bonchev–Trinajstić information content (AvgIpc) is 3.13. The molecule has 0 saturated carbocycles. The van der Waals surface area contributed by atoms with Gasteiger partial charge in [0.25, 0.3) is 0 Å². The van der Waals surface area contributed by atoms with Gasteiger partial charge in [-0.2, -0.15) is 0 Å². The van der Waals surface area contributed by atoms with E-state index in [1.165, 1.54) is 4.90 Å². The van der Waals surface area contributed by atoms with E-state index >= 15 is 0 Å². The molecule has 0 radical (unpaired) electrons. The predicted octanol–water partition coefficient (Wildman–Crippen LogP) is 3.77. The van der Waals surface area contributed by atoms with Crippen molar-refractivity contribution in [3.63, 3.8) is 0 Å². The first kappa shape index (κ1) is 18.3. The quantitative estimate of drug-likeness (QED) is 0.741. The predicted molar refractivity (Wildman–Crippen MR) is 104 cm³/mol. The molecule has 2 amide bonds. The van der Waals surface area contributed by atoms with Gasteiger partial charge in [-0.25, -0.2) is 4.79 Å². The van der Waals surface area contributed by atoms with E-state index in [0.717, 1.165) is 16.5 Å². The molecule has 0 bridgehead atoms. The Bertz CT molecular complexity index is 798. The van der Waals surface area contributed by atoms with E-state index in [1.54, 1.807) is 18.2 Å². The molecule has 1 atom stereocenters. The third-order valence-electron chi connectivity index (χ3n) is 4.27. The van der Waals surface area contributed by atoms with Crippen LogP contribution in [0.5, 0.6) is 0 Å². The van der Waals surface area contributed by atoms with Crippen LogP contribution in [0.15, 0.2) is 53.0 Å². The number of likely N-dealkylation sites (tertiary alicyclic amines) is 1. The summed E-state index contributed by atoms with van der Waals surface area (Å²) in [5.74, 6) is -0.260. The number of hydrogen-bond donors (Lipinski definition) is 2. The molecule has 0 spiro atoms. The molecule has 7 heteroatoms. The Morgan fingerprint density at radius 3 is 2.77 bits per heavy atom. The van der Waals surface area contributed by atoms with Crippen molar-refractivity contribution in [3.05, 3.63) is 58.6 Å². The van der Waals surface area contributed by atoms with Crippen LogP contribution in [0.3, 0.4) is 0 Å². The third-order valence-corrected chi connectivity index (χ3v) is 4.76. The lowest BCUT2D eigenvalue weighted by Crippen LogP contribution is -2.43. The Kier molecular flexibility index (Phi) is 5.78. The number of carbonyl (C=O) groups is 2. The zero-order chi connectivity index (χ0) is 18.5. The van der Waals surface area contributed by atoms with E-state index in [0.29, 0.717) is 24.3 Å². The highest BCUT2D eigenvalue weighted by molar-refractivity contribution is 9.10. The Morgan fingerprint density at radius 2 is 2.00 bits per heavy atom. The normalized spacial score (nSPS) is 16.3. The molecule has 6 nitrogen and oxygen atoms in total. The highest BCUT2D eigenvalue weighted by atomic mass is 79.9. The van der Waals surface area contributed by atoms with Gasteiger partial charge in [-0.3, -0.25) is 9.69 Å². The van der Waals surface area contributed by atoms with Crippen LogP contribution < -0.4 is 11.1 Å². The molecule has 2 aromatic carbocycles. The minimum Gasteiger partial charge on any atom is -0.445 e. The highest BCUT2D eigenvalue weighted by Gasteiger charge is 2.35. The van der Waals surface area contributed by atoms with Crippen molar-refractivity contribution in [1.82, 2.24) is 4.90 Å². The van der Waals surface area contributed by atoms with Crippen molar-refractivity contribution in [2.75, 3.05) is 17.6 Å². The fourth-order valence-corrected chi connectivity index (χ4v) is 3.27. The monoisotopic (exact) mass is 417 g/mol. The third kappa shape index (κ3) is 4.35. The van der Waals surface area contributed by atoms with Gasteiger partial charge >= 0.3 is 6.09 Å². The Morgan fingerprint density at radius 1 is 1.23 bits per heavy atom. The highest BCUT2D eigenvalue weighted by Crippen LogP contribution is 2.26. The number of benzene rings is 2. The second kappa shape index (κ2) is 8.23. The van der Waals surface area contributed by atoms with Crippen molar-refractivity contribution < 1.29 is 14.3 Å².